The second kappa shape index (κ2) is 8.48. The molecular weight excluding hydrogens is 376 g/mol. The van der Waals surface area contributed by atoms with Gasteiger partial charge in [-0.15, -0.1) is 11.3 Å². The number of aromatic nitrogens is 2. The van der Waals surface area contributed by atoms with E-state index in [0.29, 0.717) is 6.61 Å². The number of rotatable bonds is 7. The molecule has 0 aliphatic heterocycles. The van der Waals surface area contributed by atoms with Crippen molar-refractivity contribution in [2.75, 3.05) is 12.4 Å². The molecule has 3 rings (SSSR count). The van der Waals surface area contributed by atoms with Crippen LogP contribution < -0.4 is 10.3 Å². The molecule has 0 saturated heterocycles. The van der Waals surface area contributed by atoms with Crippen LogP contribution in [0, 0.1) is 6.92 Å². The van der Waals surface area contributed by atoms with E-state index < -0.39 is 0 Å². The van der Waals surface area contributed by atoms with E-state index in [-0.39, 0.29) is 11.0 Å². The molecule has 0 aliphatic carbocycles. The third-order valence-corrected chi connectivity index (χ3v) is 6.32. The summed E-state index contributed by atoms with van der Waals surface area (Å²) in [4.78, 5) is 17.5. The molecule has 0 fully saturated rings. The highest BCUT2D eigenvalue weighted by Crippen LogP contribution is 2.24. The van der Waals surface area contributed by atoms with Crippen LogP contribution in [-0.2, 0) is 11.2 Å². The standard InChI is InChI=1S/C21H26N2O2S2/c1-15-13-27-20-22-17(12-19(24)23(15)20)14-26-11-5-10-25-18-8-6-16(7-9-18)21(2,3)4/h6-9,12-13H,5,10-11,14H2,1-4H3. The Morgan fingerprint density at radius 3 is 2.67 bits per heavy atom. The Hall–Kier alpha value is -1.79. The van der Waals surface area contributed by atoms with Crippen LogP contribution in [0.5, 0.6) is 5.75 Å². The fraction of sp³-hybridized carbons (Fsp3) is 0.429. The third kappa shape index (κ3) is 5.14. The molecule has 2 heterocycles. The van der Waals surface area contributed by atoms with Gasteiger partial charge in [-0.05, 0) is 42.2 Å². The summed E-state index contributed by atoms with van der Waals surface area (Å²) in [5, 5.41) is 1.96. The number of nitrogens with zero attached hydrogens (tertiary/aromatic N) is 2. The van der Waals surface area contributed by atoms with Crippen molar-refractivity contribution in [2.45, 2.75) is 45.3 Å². The Labute approximate surface area is 168 Å². The predicted octanol–water partition coefficient (Wildman–Crippen LogP) is 5.06. The molecule has 3 aromatic rings. The van der Waals surface area contributed by atoms with Gasteiger partial charge in [0.1, 0.15) is 5.75 Å². The van der Waals surface area contributed by atoms with Crippen LogP contribution in [0.2, 0.25) is 0 Å². The number of hydrogen-bond acceptors (Lipinski definition) is 5. The fourth-order valence-electron chi connectivity index (χ4n) is 2.75. The number of ether oxygens (including phenoxy) is 1. The molecule has 144 valence electrons. The number of hydrogen-bond donors (Lipinski definition) is 0. The summed E-state index contributed by atoms with van der Waals surface area (Å²) in [5.74, 6) is 2.65. The maximum atomic E-state index is 12.2. The third-order valence-electron chi connectivity index (χ3n) is 4.30. The summed E-state index contributed by atoms with van der Waals surface area (Å²) in [6.07, 6.45) is 0.963. The Morgan fingerprint density at radius 2 is 1.96 bits per heavy atom. The fourth-order valence-corrected chi connectivity index (χ4v) is 4.47. The van der Waals surface area contributed by atoms with Gasteiger partial charge in [0.2, 0.25) is 0 Å². The Kier molecular flexibility index (Phi) is 6.27. The van der Waals surface area contributed by atoms with E-state index in [1.54, 1.807) is 22.2 Å². The van der Waals surface area contributed by atoms with Crippen LogP contribution in [0.1, 0.15) is 44.1 Å². The van der Waals surface area contributed by atoms with Gasteiger partial charge in [-0.2, -0.15) is 11.8 Å². The van der Waals surface area contributed by atoms with E-state index in [1.165, 1.54) is 16.9 Å². The minimum atomic E-state index is 0.0105. The summed E-state index contributed by atoms with van der Waals surface area (Å²) in [6.45, 7) is 9.25. The van der Waals surface area contributed by atoms with E-state index in [2.05, 4.69) is 37.9 Å². The largest absolute Gasteiger partial charge is 0.494 e. The zero-order valence-electron chi connectivity index (χ0n) is 16.3. The molecule has 27 heavy (non-hydrogen) atoms. The summed E-state index contributed by atoms with van der Waals surface area (Å²) in [6, 6.07) is 10.0. The van der Waals surface area contributed by atoms with Crippen LogP contribution in [0.25, 0.3) is 4.96 Å². The van der Waals surface area contributed by atoms with Crippen molar-refractivity contribution in [2.24, 2.45) is 0 Å². The Morgan fingerprint density at radius 1 is 1.22 bits per heavy atom. The molecule has 0 unspecified atom stereocenters. The van der Waals surface area contributed by atoms with Gasteiger partial charge in [-0.25, -0.2) is 4.98 Å². The molecule has 0 amide bonds. The van der Waals surface area contributed by atoms with Gasteiger partial charge >= 0.3 is 0 Å². The number of thioether (sulfide) groups is 1. The smallest absolute Gasteiger partial charge is 0.258 e. The van der Waals surface area contributed by atoms with E-state index in [4.69, 9.17) is 4.74 Å². The van der Waals surface area contributed by atoms with Crippen LogP contribution in [0.4, 0.5) is 0 Å². The number of fused-ring (bicyclic) bond motifs is 1. The van der Waals surface area contributed by atoms with Crippen LogP contribution >= 0.6 is 23.1 Å². The lowest BCUT2D eigenvalue weighted by Gasteiger charge is -2.19. The molecule has 0 aliphatic rings. The SMILES string of the molecule is Cc1csc2nc(CSCCCOc3ccc(C(C)(C)C)cc3)cc(=O)n12. The highest BCUT2D eigenvalue weighted by molar-refractivity contribution is 7.98. The average Bonchev–Trinajstić information content (AvgIpc) is 2.99. The molecule has 4 nitrogen and oxygen atoms in total. The molecule has 0 radical (unpaired) electrons. The second-order valence-electron chi connectivity index (χ2n) is 7.61. The van der Waals surface area contributed by atoms with Gasteiger partial charge in [-0.3, -0.25) is 9.20 Å². The van der Waals surface area contributed by atoms with Crippen molar-refractivity contribution in [1.82, 2.24) is 9.38 Å². The molecule has 0 saturated carbocycles. The van der Waals surface area contributed by atoms with Crippen molar-refractivity contribution in [3.63, 3.8) is 0 Å². The van der Waals surface area contributed by atoms with Crippen molar-refractivity contribution < 1.29 is 4.74 Å². The minimum absolute atomic E-state index is 0.0105. The van der Waals surface area contributed by atoms with Gasteiger partial charge in [-0.1, -0.05) is 32.9 Å². The zero-order chi connectivity index (χ0) is 19.4. The van der Waals surface area contributed by atoms with Crippen molar-refractivity contribution in [3.05, 3.63) is 63.0 Å². The summed E-state index contributed by atoms with van der Waals surface area (Å²) >= 11 is 3.30. The van der Waals surface area contributed by atoms with Crippen LogP contribution in [-0.4, -0.2) is 21.7 Å². The lowest BCUT2D eigenvalue weighted by atomic mass is 9.87. The first-order chi connectivity index (χ1) is 12.8. The number of aryl methyl sites for hydroxylation is 1. The Bertz CT molecular complexity index is 953. The highest BCUT2D eigenvalue weighted by Gasteiger charge is 2.12. The monoisotopic (exact) mass is 402 g/mol. The first-order valence-corrected chi connectivity index (χ1v) is 11.2. The van der Waals surface area contributed by atoms with E-state index in [1.807, 2.05) is 24.4 Å². The summed E-state index contributed by atoms with van der Waals surface area (Å²) in [5.41, 5.74) is 3.28. The van der Waals surface area contributed by atoms with Crippen LogP contribution in [0.3, 0.4) is 0 Å². The lowest BCUT2D eigenvalue weighted by Crippen LogP contribution is -2.14. The average molecular weight is 403 g/mol. The minimum Gasteiger partial charge on any atom is -0.494 e. The molecule has 0 spiro atoms. The molecular formula is C21H26N2O2S2. The van der Waals surface area contributed by atoms with Gasteiger partial charge in [0.15, 0.2) is 4.96 Å². The maximum absolute atomic E-state index is 12.2. The molecule has 0 atom stereocenters. The Balaban J connectivity index is 1.41. The molecule has 6 heteroatoms. The van der Waals surface area contributed by atoms with Crippen molar-refractivity contribution >= 4 is 28.1 Å². The van der Waals surface area contributed by atoms with Gasteiger partial charge < -0.3 is 4.74 Å². The van der Waals surface area contributed by atoms with E-state index in [9.17, 15) is 4.79 Å². The topological polar surface area (TPSA) is 43.6 Å². The zero-order valence-corrected chi connectivity index (χ0v) is 18.0. The van der Waals surface area contributed by atoms with E-state index in [0.717, 1.165) is 40.0 Å². The molecule has 0 bridgehead atoms. The maximum Gasteiger partial charge on any atom is 0.258 e. The van der Waals surface area contributed by atoms with Gasteiger partial charge in [0.05, 0.1) is 12.3 Å². The molecule has 0 N–H and O–H groups in total. The van der Waals surface area contributed by atoms with Crippen molar-refractivity contribution in [1.29, 1.82) is 0 Å². The predicted molar refractivity (Wildman–Crippen MR) is 115 cm³/mol. The van der Waals surface area contributed by atoms with E-state index >= 15 is 0 Å². The molecule has 1 aromatic carbocycles. The van der Waals surface area contributed by atoms with Crippen LogP contribution in [0.15, 0.2) is 40.5 Å². The molecule has 2 aromatic heterocycles. The lowest BCUT2D eigenvalue weighted by molar-refractivity contribution is 0.318. The van der Waals surface area contributed by atoms with Crippen molar-refractivity contribution in [3.8, 4) is 5.75 Å². The first-order valence-electron chi connectivity index (χ1n) is 9.12. The first kappa shape index (κ1) is 20.0. The number of thiazole rings is 1. The number of benzene rings is 1. The van der Waals surface area contributed by atoms with Gasteiger partial charge in [0, 0.05) is 22.9 Å². The normalized spacial score (nSPS) is 11.9. The summed E-state index contributed by atoms with van der Waals surface area (Å²) < 4.78 is 7.49. The summed E-state index contributed by atoms with van der Waals surface area (Å²) in [7, 11) is 0. The highest BCUT2D eigenvalue weighted by atomic mass is 32.2. The second-order valence-corrected chi connectivity index (χ2v) is 9.55. The quantitative estimate of drug-likeness (QED) is 0.518. The van der Waals surface area contributed by atoms with Gasteiger partial charge in [0.25, 0.3) is 5.56 Å².